The number of carbonyl (C=O) groups excluding carboxylic acids is 1. The van der Waals surface area contributed by atoms with Gasteiger partial charge in [0.2, 0.25) is 6.79 Å². The molecule has 0 amide bonds. The number of nitrogens with zero attached hydrogens (tertiary/aromatic N) is 1. The smallest absolute Gasteiger partial charge is 0.338 e. The number of methoxy groups -OCH3 is 2. The average molecular weight is 356 g/mol. The third-order valence-electron chi connectivity index (χ3n) is 4.35. The summed E-state index contributed by atoms with van der Waals surface area (Å²) >= 11 is 0. The number of rotatable bonds is 3. The summed E-state index contributed by atoms with van der Waals surface area (Å²) in [5, 5.41) is 23.2. The largest absolute Gasteiger partial charge is 0.733 e. The SMILES string of the molecule is COC(=O)c1cc2c(c3c1c(N([O-])O)cc1ccc(OC)cc13)OCO2. The van der Waals surface area contributed by atoms with Crippen LogP contribution in [0.2, 0.25) is 0 Å². The number of carbonyl (C=O) groups is 1. The zero-order valence-electron chi connectivity index (χ0n) is 13.9. The predicted octanol–water partition coefficient (Wildman–Crippen LogP) is 3.21. The lowest BCUT2D eigenvalue weighted by atomic mass is 9.95. The van der Waals surface area contributed by atoms with Crippen molar-refractivity contribution in [2.45, 2.75) is 0 Å². The Morgan fingerprint density at radius 3 is 2.69 bits per heavy atom. The first-order valence-electron chi connectivity index (χ1n) is 7.66. The van der Waals surface area contributed by atoms with E-state index in [1.807, 2.05) is 0 Å². The number of fused-ring (bicyclic) bond motifs is 5. The van der Waals surface area contributed by atoms with Gasteiger partial charge in [0.1, 0.15) is 5.75 Å². The molecule has 0 aromatic heterocycles. The Morgan fingerprint density at radius 1 is 1.19 bits per heavy atom. The zero-order valence-corrected chi connectivity index (χ0v) is 13.9. The van der Waals surface area contributed by atoms with Crippen molar-refractivity contribution in [3.63, 3.8) is 0 Å². The Hall–Kier alpha value is -3.23. The number of hydrogen-bond acceptors (Lipinski definition) is 8. The van der Waals surface area contributed by atoms with Gasteiger partial charge < -0.3 is 29.4 Å². The Kier molecular flexibility index (Phi) is 3.71. The molecule has 1 heterocycles. The second kappa shape index (κ2) is 5.94. The van der Waals surface area contributed by atoms with Crippen molar-refractivity contribution < 1.29 is 28.9 Å². The number of hydrogen-bond donors (Lipinski definition) is 1. The van der Waals surface area contributed by atoms with Crippen LogP contribution in [0.4, 0.5) is 5.69 Å². The fourth-order valence-electron chi connectivity index (χ4n) is 3.21. The molecule has 1 aliphatic heterocycles. The van der Waals surface area contributed by atoms with Gasteiger partial charge in [0.15, 0.2) is 11.5 Å². The van der Waals surface area contributed by atoms with Gasteiger partial charge in [-0.05, 0) is 35.0 Å². The van der Waals surface area contributed by atoms with Crippen LogP contribution < -0.4 is 19.4 Å². The molecule has 0 bridgehead atoms. The summed E-state index contributed by atoms with van der Waals surface area (Å²) < 4.78 is 21.1. The van der Waals surface area contributed by atoms with E-state index in [2.05, 4.69) is 0 Å². The third kappa shape index (κ3) is 2.27. The summed E-state index contributed by atoms with van der Waals surface area (Å²) in [7, 11) is 2.77. The van der Waals surface area contributed by atoms with Crippen LogP contribution in [-0.2, 0) is 4.74 Å². The van der Waals surface area contributed by atoms with Crippen LogP contribution in [0.25, 0.3) is 21.5 Å². The molecule has 134 valence electrons. The normalized spacial score (nSPS) is 12.5. The molecule has 4 rings (SSSR count). The second-order valence-corrected chi connectivity index (χ2v) is 5.66. The first-order valence-corrected chi connectivity index (χ1v) is 7.66. The molecule has 3 aromatic carbocycles. The molecule has 26 heavy (non-hydrogen) atoms. The van der Waals surface area contributed by atoms with Gasteiger partial charge in [0.25, 0.3) is 0 Å². The molecule has 1 aliphatic rings. The van der Waals surface area contributed by atoms with Crippen LogP contribution in [-0.4, -0.2) is 32.2 Å². The van der Waals surface area contributed by atoms with Gasteiger partial charge in [-0.2, -0.15) is 0 Å². The molecule has 0 unspecified atom stereocenters. The third-order valence-corrected chi connectivity index (χ3v) is 4.35. The number of anilines is 1. The van der Waals surface area contributed by atoms with E-state index in [-0.39, 0.29) is 28.7 Å². The molecule has 0 atom stereocenters. The van der Waals surface area contributed by atoms with Crippen molar-refractivity contribution in [2.75, 3.05) is 26.2 Å². The number of ether oxygens (including phenoxy) is 4. The maximum absolute atomic E-state index is 12.3. The first kappa shape index (κ1) is 16.2. The Balaban J connectivity index is 2.26. The van der Waals surface area contributed by atoms with Crippen LogP contribution in [0, 0.1) is 5.21 Å². The van der Waals surface area contributed by atoms with E-state index in [1.165, 1.54) is 26.4 Å². The van der Waals surface area contributed by atoms with Crippen molar-refractivity contribution in [1.29, 1.82) is 0 Å². The van der Waals surface area contributed by atoms with Crippen LogP contribution in [0.3, 0.4) is 0 Å². The van der Waals surface area contributed by atoms with Gasteiger partial charge >= 0.3 is 5.97 Å². The highest BCUT2D eigenvalue weighted by atomic mass is 16.8. The van der Waals surface area contributed by atoms with E-state index in [0.29, 0.717) is 33.4 Å². The summed E-state index contributed by atoms with van der Waals surface area (Å²) in [6.07, 6.45) is 0. The fraction of sp³-hybridized carbons (Fsp3) is 0.167. The van der Waals surface area contributed by atoms with Gasteiger partial charge in [0.05, 0.1) is 25.5 Å². The van der Waals surface area contributed by atoms with Gasteiger partial charge in [-0.25, -0.2) is 4.79 Å². The Labute approximate surface area is 147 Å². The van der Waals surface area contributed by atoms with Gasteiger partial charge in [-0.15, -0.1) is 0 Å². The van der Waals surface area contributed by atoms with Crippen LogP contribution in [0.15, 0.2) is 30.3 Å². The summed E-state index contributed by atoms with van der Waals surface area (Å²) in [5.74, 6) is 0.661. The monoisotopic (exact) mass is 356 g/mol. The number of esters is 1. The molecular formula is C18H14NO7-. The molecule has 0 radical (unpaired) electrons. The summed E-state index contributed by atoms with van der Waals surface area (Å²) in [5.41, 5.74) is -0.0160. The van der Waals surface area contributed by atoms with E-state index in [9.17, 15) is 15.2 Å². The molecule has 0 saturated carbocycles. The average Bonchev–Trinajstić information content (AvgIpc) is 3.13. The molecule has 0 spiro atoms. The highest BCUT2D eigenvalue weighted by molar-refractivity contribution is 6.22. The molecule has 0 saturated heterocycles. The van der Waals surface area contributed by atoms with Gasteiger partial charge in [-0.3, -0.25) is 5.21 Å². The topological polar surface area (TPSA) is 101 Å². The molecular weight excluding hydrogens is 342 g/mol. The highest BCUT2D eigenvalue weighted by Gasteiger charge is 2.27. The van der Waals surface area contributed by atoms with E-state index < -0.39 is 5.97 Å². The molecule has 3 aromatic rings. The molecule has 0 aliphatic carbocycles. The van der Waals surface area contributed by atoms with E-state index in [1.54, 1.807) is 18.2 Å². The van der Waals surface area contributed by atoms with E-state index in [4.69, 9.17) is 18.9 Å². The van der Waals surface area contributed by atoms with E-state index in [0.717, 1.165) is 0 Å². The number of benzene rings is 3. The lowest BCUT2D eigenvalue weighted by Crippen LogP contribution is -2.11. The maximum Gasteiger partial charge on any atom is 0.338 e. The van der Waals surface area contributed by atoms with Crippen molar-refractivity contribution in [2.24, 2.45) is 0 Å². The first-order chi connectivity index (χ1) is 12.5. The summed E-state index contributed by atoms with van der Waals surface area (Å²) in [6, 6.07) is 8.16. The van der Waals surface area contributed by atoms with Crippen molar-refractivity contribution >= 4 is 33.2 Å². The lowest BCUT2D eigenvalue weighted by molar-refractivity contribution is 0.0602. The quantitative estimate of drug-likeness (QED) is 0.434. The predicted molar refractivity (Wildman–Crippen MR) is 93.1 cm³/mol. The minimum Gasteiger partial charge on any atom is -0.733 e. The Bertz CT molecular complexity index is 1050. The molecule has 0 fully saturated rings. The maximum atomic E-state index is 12.3. The van der Waals surface area contributed by atoms with Crippen LogP contribution >= 0.6 is 0 Å². The standard InChI is InChI=1S/C18H14NO7/c1-23-10-4-3-9-5-13(19(21)22)15-12(18(20)24-2)7-14-17(26-8-25-14)16(15)11(9)6-10/h3-7,21H,8H2,1-2H3/q-1. The van der Waals surface area contributed by atoms with E-state index >= 15 is 0 Å². The molecule has 1 N–H and O–H groups in total. The summed E-state index contributed by atoms with van der Waals surface area (Å²) in [4.78, 5) is 12.3. The lowest BCUT2D eigenvalue weighted by Gasteiger charge is -2.25. The molecule has 8 heteroatoms. The van der Waals surface area contributed by atoms with Crippen LogP contribution in [0.5, 0.6) is 17.2 Å². The zero-order chi connectivity index (χ0) is 18.4. The minimum absolute atomic E-state index is 0.0229. The van der Waals surface area contributed by atoms with Crippen molar-refractivity contribution in [3.8, 4) is 17.2 Å². The van der Waals surface area contributed by atoms with Gasteiger partial charge in [0, 0.05) is 10.8 Å². The van der Waals surface area contributed by atoms with Crippen LogP contribution in [0.1, 0.15) is 10.4 Å². The minimum atomic E-state index is -0.668. The van der Waals surface area contributed by atoms with Gasteiger partial charge in [-0.1, -0.05) is 6.07 Å². The Morgan fingerprint density at radius 2 is 2.00 bits per heavy atom. The van der Waals surface area contributed by atoms with Crippen molar-refractivity contribution in [1.82, 2.24) is 0 Å². The summed E-state index contributed by atoms with van der Waals surface area (Å²) in [6.45, 7) is -0.0229. The highest BCUT2D eigenvalue weighted by Crippen LogP contribution is 2.48. The fourth-order valence-corrected chi connectivity index (χ4v) is 3.21. The van der Waals surface area contributed by atoms with Crippen molar-refractivity contribution in [3.05, 3.63) is 41.1 Å². The molecule has 8 nitrogen and oxygen atoms in total. The second-order valence-electron chi connectivity index (χ2n) is 5.66.